The summed E-state index contributed by atoms with van der Waals surface area (Å²) in [4.78, 5) is 20.0. The van der Waals surface area contributed by atoms with Crippen molar-refractivity contribution in [1.29, 1.82) is 0 Å². The molecule has 1 aliphatic carbocycles. The van der Waals surface area contributed by atoms with Gasteiger partial charge in [-0.15, -0.1) is 0 Å². The van der Waals surface area contributed by atoms with E-state index in [1.807, 2.05) is 24.3 Å². The van der Waals surface area contributed by atoms with Gasteiger partial charge in [0.15, 0.2) is 16.6 Å². The van der Waals surface area contributed by atoms with Gasteiger partial charge in [0.05, 0.1) is 25.6 Å². The number of rotatable bonds is 5. The highest BCUT2D eigenvalue weighted by atomic mass is 32.1. The van der Waals surface area contributed by atoms with Crippen molar-refractivity contribution in [3.8, 4) is 11.5 Å². The van der Waals surface area contributed by atoms with Gasteiger partial charge in [0.1, 0.15) is 0 Å². The van der Waals surface area contributed by atoms with E-state index in [9.17, 15) is 4.79 Å². The van der Waals surface area contributed by atoms with E-state index in [1.54, 1.807) is 38.3 Å². The number of carbonyl (C=O) groups excluding carboxylic acids is 1. The number of nitrogens with zero attached hydrogens (tertiary/aromatic N) is 2. The molecule has 2 aliphatic rings. The molecule has 0 radical (unpaired) electrons. The number of fused-ring (bicyclic) bond motifs is 1. The molecule has 1 fully saturated rings. The van der Waals surface area contributed by atoms with Crippen molar-refractivity contribution in [2.24, 2.45) is 10.9 Å². The van der Waals surface area contributed by atoms with E-state index in [2.05, 4.69) is 16.7 Å². The van der Waals surface area contributed by atoms with Crippen molar-refractivity contribution in [2.75, 3.05) is 31.5 Å². The van der Waals surface area contributed by atoms with Crippen LogP contribution < -0.4 is 25.0 Å². The Balaban J connectivity index is 1.59. The van der Waals surface area contributed by atoms with E-state index in [-0.39, 0.29) is 5.91 Å². The van der Waals surface area contributed by atoms with Crippen molar-refractivity contribution in [3.63, 3.8) is 0 Å². The van der Waals surface area contributed by atoms with Gasteiger partial charge in [-0.3, -0.25) is 9.79 Å². The van der Waals surface area contributed by atoms with Crippen LogP contribution in [0.15, 0.2) is 47.5 Å². The van der Waals surface area contributed by atoms with Crippen molar-refractivity contribution < 1.29 is 14.3 Å². The monoisotopic (exact) mass is 466 g/mol. The molecular formula is C25H30N4O3S. The number of nitrogens with one attached hydrogen (secondary N) is 2. The Morgan fingerprint density at radius 3 is 2.52 bits per heavy atom. The molecule has 0 aromatic heterocycles. The number of benzene rings is 2. The van der Waals surface area contributed by atoms with Gasteiger partial charge in [0.2, 0.25) is 6.17 Å². The van der Waals surface area contributed by atoms with E-state index in [0.717, 1.165) is 35.5 Å². The molecule has 1 unspecified atom stereocenters. The molecule has 2 N–H and O–H groups in total. The predicted octanol–water partition coefficient (Wildman–Crippen LogP) is 4.36. The number of thiocarbonyl (C=S) groups is 1. The first-order valence-corrected chi connectivity index (χ1v) is 11.7. The number of carbonyl (C=O) groups is 1. The Labute approximate surface area is 200 Å². The zero-order valence-electron chi connectivity index (χ0n) is 19.3. The first-order valence-electron chi connectivity index (χ1n) is 11.3. The summed E-state index contributed by atoms with van der Waals surface area (Å²) >= 11 is 5.54. The summed E-state index contributed by atoms with van der Waals surface area (Å²) in [6.45, 7) is 0. The maximum atomic E-state index is 13.3. The third-order valence-electron chi connectivity index (χ3n) is 6.28. The number of methoxy groups -OCH3 is 2. The number of hydrogen-bond acceptors (Lipinski definition) is 5. The van der Waals surface area contributed by atoms with Gasteiger partial charge in [-0.05, 0) is 43.3 Å². The topological polar surface area (TPSA) is 75.2 Å². The Morgan fingerprint density at radius 2 is 1.79 bits per heavy atom. The zero-order valence-corrected chi connectivity index (χ0v) is 20.1. The van der Waals surface area contributed by atoms with Gasteiger partial charge in [-0.1, -0.05) is 37.5 Å². The summed E-state index contributed by atoms with van der Waals surface area (Å²) in [5.74, 6) is 1.41. The smallest absolute Gasteiger partial charge is 0.272 e. The average molecular weight is 467 g/mol. The summed E-state index contributed by atoms with van der Waals surface area (Å²) in [6, 6.07) is 13.4. The molecule has 4 rings (SSSR count). The number of amides is 1. The van der Waals surface area contributed by atoms with Crippen molar-refractivity contribution in [1.82, 2.24) is 5.32 Å². The van der Waals surface area contributed by atoms with Crippen LogP contribution in [0.25, 0.3) is 0 Å². The van der Waals surface area contributed by atoms with Gasteiger partial charge >= 0.3 is 0 Å². The second-order valence-electron chi connectivity index (χ2n) is 8.33. The SMILES string of the molecule is COc1ccc(NC(=S)NC2N=C(C3CCCCC3)c3ccccc3N(C)C2=O)cc1OC. The molecule has 1 amide bonds. The van der Waals surface area contributed by atoms with E-state index >= 15 is 0 Å². The summed E-state index contributed by atoms with van der Waals surface area (Å²) in [5, 5.41) is 6.57. The number of hydrogen-bond donors (Lipinski definition) is 2. The first kappa shape index (κ1) is 23.0. The fourth-order valence-corrected chi connectivity index (χ4v) is 4.78. The Bertz CT molecular complexity index is 1070. The lowest BCUT2D eigenvalue weighted by molar-refractivity contribution is -0.119. The molecule has 0 saturated heterocycles. The molecule has 2 aromatic rings. The van der Waals surface area contributed by atoms with Gasteiger partial charge in [-0.2, -0.15) is 0 Å². The molecule has 174 valence electrons. The minimum Gasteiger partial charge on any atom is -0.493 e. The highest BCUT2D eigenvalue weighted by Gasteiger charge is 2.33. The molecule has 2 aromatic carbocycles. The molecule has 33 heavy (non-hydrogen) atoms. The van der Waals surface area contributed by atoms with E-state index in [4.69, 9.17) is 26.7 Å². The van der Waals surface area contributed by atoms with Gasteiger partial charge in [0, 0.05) is 30.3 Å². The predicted molar refractivity (Wildman–Crippen MR) is 136 cm³/mol. The first-order chi connectivity index (χ1) is 16.0. The van der Waals surface area contributed by atoms with Gasteiger partial charge < -0.3 is 25.0 Å². The average Bonchev–Trinajstić information content (AvgIpc) is 2.95. The van der Waals surface area contributed by atoms with Gasteiger partial charge in [0.25, 0.3) is 5.91 Å². The van der Waals surface area contributed by atoms with Crippen LogP contribution in [-0.2, 0) is 4.79 Å². The van der Waals surface area contributed by atoms with E-state index < -0.39 is 6.17 Å². The summed E-state index contributed by atoms with van der Waals surface area (Å²) in [7, 11) is 4.96. The molecule has 0 spiro atoms. The van der Waals surface area contributed by atoms with Crippen molar-refractivity contribution in [2.45, 2.75) is 38.3 Å². The highest BCUT2D eigenvalue weighted by molar-refractivity contribution is 7.80. The van der Waals surface area contributed by atoms with Crippen molar-refractivity contribution in [3.05, 3.63) is 48.0 Å². The van der Waals surface area contributed by atoms with Crippen LogP contribution in [0.2, 0.25) is 0 Å². The number of likely N-dealkylation sites (N-methyl/N-ethyl adjacent to an activating group) is 1. The normalized spacial score (nSPS) is 18.6. The fourth-order valence-electron chi connectivity index (χ4n) is 4.55. The third kappa shape index (κ3) is 4.95. The van der Waals surface area contributed by atoms with E-state index in [0.29, 0.717) is 22.5 Å². The standard InChI is InChI=1S/C25H30N4O3S/c1-29-19-12-8-7-11-18(19)22(16-9-5-4-6-10-16)27-23(24(29)30)28-25(33)26-17-13-14-20(31-2)21(15-17)32-3/h7-8,11-16,23H,4-6,9-10H2,1-3H3,(H2,26,28,33). The second-order valence-corrected chi connectivity index (χ2v) is 8.74. The lowest BCUT2D eigenvalue weighted by Crippen LogP contribution is -2.47. The van der Waals surface area contributed by atoms with Crippen LogP contribution in [-0.4, -0.2) is 44.2 Å². The summed E-state index contributed by atoms with van der Waals surface area (Å²) in [6.07, 6.45) is 5.00. The maximum absolute atomic E-state index is 13.3. The lowest BCUT2D eigenvalue weighted by Gasteiger charge is -2.25. The molecule has 8 heteroatoms. The Kier molecular flexibility index (Phi) is 7.13. The number of para-hydroxylation sites is 1. The van der Waals surface area contributed by atoms with Crippen LogP contribution in [0.3, 0.4) is 0 Å². The maximum Gasteiger partial charge on any atom is 0.272 e. The molecule has 7 nitrogen and oxygen atoms in total. The minimum absolute atomic E-state index is 0.148. The lowest BCUT2D eigenvalue weighted by atomic mass is 9.83. The van der Waals surface area contributed by atoms with Crippen LogP contribution in [0.4, 0.5) is 11.4 Å². The quantitative estimate of drug-likeness (QED) is 0.638. The molecule has 1 saturated carbocycles. The molecule has 1 atom stereocenters. The molecular weight excluding hydrogens is 436 g/mol. The largest absolute Gasteiger partial charge is 0.493 e. The van der Waals surface area contributed by atoms with Crippen LogP contribution in [0.1, 0.15) is 37.7 Å². The van der Waals surface area contributed by atoms with Crippen LogP contribution in [0, 0.1) is 5.92 Å². The Morgan fingerprint density at radius 1 is 1.06 bits per heavy atom. The number of benzodiazepines with no additional fused rings is 1. The number of aliphatic imine (C=N–C) groups is 1. The van der Waals surface area contributed by atoms with Gasteiger partial charge in [-0.25, -0.2) is 0 Å². The fraction of sp³-hybridized carbons (Fsp3) is 0.400. The highest BCUT2D eigenvalue weighted by Crippen LogP contribution is 2.33. The summed E-state index contributed by atoms with van der Waals surface area (Å²) in [5.41, 5.74) is 3.63. The second kappa shape index (κ2) is 10.2. The minimum atomic E-state index is -0.806. The summed E-state index contributed by atoms with van der Waals surface area (Å²) < 4.78 is 10.7. The third-order valence-corrected chi connectivity index (χ3v) is 6.50. The zero-order chi connectivity index (χ0) is 23.4. The van der Waals surface area contributed by atoms with Crippen LogP contribution in [0.5, 0.6) is 11.5 Å². The molecule has 1 heterocycles. The Hall–Kier alpha value is -3.13. The molecule has 1 aliphatic heterocycles. The number of ether oxygens (including phenoxy) is 2. The van der Waals surface area contributed by atoms with E-state index in [1.165, 1.54) is 19.3 Å². The number of anilines is 2. The van der Waals surface area contributed by atoms with Crippen LogP contribution >= 0.6 is 12.2 Å². The molecule has 0 bridgehead atoms. The van der Waals surface area contributed by atoms with Crippen molar-refractivity contribution >= 4 is 40.3 Å².